The lowest BCUT2D eigenvalue weighted by atomic mass is 10.4. The molecule has 0 saturated heterocycles. The van der Waals surface area contributed by atoms with Crippen molar-refractivity contribution < 1.29 is 0 Å². The predicted molar refractivity (Wildman–Crippen MR) is 51.6 cm³/mol. The summed E-state index contributed by atoms with van der Waals surface area (Å²) in [5.41, 5.74) is 1.73. The van der Waals surface area contributed by atoms with E-state index in [1.165, 1.54) is 11.3 Å². The van der Waals surface area contributed by atoms with E-state index in [-0.39, 0.29) is 0 Å². The molecule has 1 aromatic rings. The van der Waals surface area contributed by atoms with Crippen LogP contribution in [0.5, 0.6) is 0 Å². The van der Waals surface area contributed by atoms with Crippen molar-refractivity contribution in [1.82, 2.24) is 15.5 Å². The second-order valence-electron chi connectivity index (χ2n) is 2.38. The zero-order valence-electron chi connectivity index (χ0n) is 7.21. The van der Waals surface area contributed by atoms with Gasteiger partial charge in [-0.3, -0.25) is 0 Å². The molecule has 1 rings (SSSR count). The number of hydrogen-bond acceptors (Lipinski definition) is 5. The van der Waals surface area contributed by atoms with Crippen LogP contribution in [0.2, 0.25) is 0 Å². The third-order valence-electron chi connectivity index (χ3n) is 1.42. The molecule has 0 amide bonds. The first kappa shape index (κ1) is 9.41. The maximum Gasteiger partial charge on any atom is 0.205 e. The first-order chi connectivity index (χ1) is 5.93. The maximum atomic E-state index is 3.87. The molecule has 5 heteroatoms. The van der Waals surface area contributed by atoms with Crippen LogP contribution in [0.3, 0.4) is 0 Å². The molecule has 2 N–H and O–H groups in total. The average molecular weight is 186 g/mol. The molecule has 0 saturated carbocycles. The first-order valence-electron chi connectivity index (χ1n) is 4.14. The van der Waals surface area contributed by atoms with Crippen LogP contribution in [0, 0.1) is 0 Å². The van der Waals surface area contributed by atoms with Gasteiger partial charge in [0.25, 0.3) is 0 Å². The highest BCUT2D eigenvalue weighted by molar-refractivity contribution is 7.13. The van der Waals surface area contributed by atoms with E-state index in [2.05, 4.69) is 27.8 Å². The van der Waals surface area contributed by atoms with E-state index in [0.29, 0.717) is 0 Å². The van der Waals surface area contributed by atoms with Gasteiger partial charge in [-0.2, -0.15) is 0 Å². The number of nitrogens with zero attached hydrogens (tertiary/aromatic N) is 2. The van der Waals surface area contributed by atoms with Gasteiger partial charge >= 0.3 is 0 Å². The van der Waals surface area contributed by atoms with E-state index < -0.39 is 0 Å². The fourth-order valence-corrected chi connectivity index (χ4v) is 1.31. The number of hydrogen-bond donors (Lipinski definition) is 2. The van der Waals surface area contributed by atoms with Crippen molar-refractivity contribution in [2.24, 2.45) is 0 Å². The summed E-state index contributed by atoms with van der Waals surface area (Å²) in [6, 6.07) is 0. The minimum atomic E-state index is 0.909. The second-order valence-corrected chi connectivity index (χ2v) is 3.21. The minimum Gasteiger partial charge on any atom is -0.360 e. The fraction of sp³-hybridized carbons (Fsp3) is 0.714. The van der Waals surface area contributed by atoms with Gasteiger partial charge in [0.1, 0.15) is 5.51 Å². The van der Waals surface area contributed by atoms with Crippen LogP contribution in [0.4, 0.5) is 5.13 Å². The Balaban J connectivity index is 1.96. The smallest absolute Gasteiger partial charge is 0.205 e. The summed E-state index contributed by atoms with van der Waals surface area (Å²) in [5.74, 6) is 0. The Bertz CT molecular complexity index is 187. The van der Waals surface area contributed by atoms with Gasteiger partial charge in [-0.1, -0.05) is 18.3 Å². The highest BCUT2D eigenvalue weighted by Gasteiger charge is 1.92. The van der Waals surface area contributed by atoms with Crippen molar-refractivity contribution in [1.29, 1.82) is 0 Å². The van der Waals surface area contributed by atoms with Crippen LogP contribution in [0.1, 0.15) is 13.3 Å². The summed E-state index contributed by atoms with van der Waals surface area (Å²) in [6.07, 6.45) is 1.12. The molecule has 12 heavy (non-hydrogen) atoms. The van der Waals surface area contributed by atoms with Gasteiger partial charge in [0.15, 0.2) is 0 Å². The molecule has 4 nitrogen and oxygen atoms in total. The molecule has 0 radical (unpaired) electrons. The lowest BCUT2D eigenvalue weighted by Gasteiger charge is -2.01. The molecule has 68 valence electrons. The molecule has 0 spiro atoms. The zero-order chi connectivity index (χ0) is 8.65. The van der Waals surface area contributed by atoms with Gasteiger partial charge in [-0.25, -0.2) is 0 Å². The molecule has 0 fully saturated rings. The molecular formula is C7H14N4S. The number of aromatic nitrogens is 2. The molecule has 0 bridgehead atoms. The second kappa shape index (κ2) is 5.91. The van der Waals surface area contributed by atoms with Gasteiger partial charge < -0.3 is 10.6 Å². The van der Waals surface area contributed by atoms with E-state index in [0.717, 1.165) is 31.2 Å². The van der Waals surface area contributed by atoms with E-state index in [9.17, 15) is 0 Å². The Hall–Kier alpha value is -0.680. The van der Waals surface area contributed by atoms with Crippen LogP contribution in [0.25, 0.3) is 0 Å². The van der Waals surface area contributed by atoms with Crippen LogP contribution in [0.15, 0.2) is 5.51 Å². The molecular weight excluding hydrogens is 172 g/mol. The van der Waals surface area contributed by atoms with Gasteiger partial charge in [-0.15, -0.1) is 10.2 Å². The number of nitrogens with one attached hydrogen (secondary N) is 2. The Labute approximate surface area is 76.4 Å². The Morgan fingerprint density at radius 3 is 3.08 bits per heavy atom. The zero-order valence-corrected chi connectivity index (χ0v) is 8.02. The van der Waals surface area contributed by atoms with Gasteiger partial charge in [-0.05, 0) is 19.5 Å². The summed E-state index contributed by atoms with van der Waals surface area (Å²) < 4.78 is 0. The molecule has 0 aromatic carbocycles. The standard InChI is InChI=1S/C7H14N4S/c1-2-8-4-3-5-9-7-11-10-6-12-7/h6,8H,2-5H2,1H3,(H,9,11). The summed E-state index contributed by atoms with van der Waals surface area (Å²) >= 11 is 1.53. The van der Waals surface area contributed by atoms with Crippen molar-refractivity contribution in [2.75, 3.05) is 25.0 Å². The van der Waals surface area contributed by atoms with Crippen molar-refractivity contribution in [2.45, 2.75) is 13.3 Å². The van der Waals surface area contributed by atoms with Gasteiger partial charge in [0.2, 0.25) is 5.13 Å². The van der Waals surface area contributed by atoms with Crippen molar-refractivity contribution in [3.8, 4) is 0 Å². The molecule has 0 unspecified atom stereocenters. The first-order valence-corrected chi connectivity index (χ1v) is 5.02. The lowest BCUT2D eigenvalue weighted by Crippen LogP contribution is -2.17. The highest BCUT2D eigenvalue weighted by atomic mass is 32.1. The normalized spacial score (nSPS) is 10.1. The summed E-state index contributed by atoms with van der Waals surface area (Å²) in [5, 5.41) is 15.0. The van der Waals surface area contributed by atoms with Crippen LogP contribution < -0.4 is 10.6 Å². The molecule has 0 aliphatic rings. The predicted octanol–water partition coefficient (Wildman–Crippen LogP) is 0.950. The summed E-state index contributed by atoms with van der Waals surface area (Å²) in [4.78, 5) is 0. The van der Waals surface area contributed by atoms with Crippen molar-refractivity contribution in [3.05, 3.63) is 5.51 Å². The highest BCUT2D eigenvalue weighted by Crippen LogP contribution is 2.06. The number of anilines is 1. The summed E-state index contributed by atoms with van der Waals surface area (Å²) in [6.45, 7) is 5.17. The fourth-order valence-electron chi connectivity index (χ4n) is 0.836. The molecule has 0 atom stereocenters. The molecule has 0 aliphatic heterocycles. The lowest BCUT2D eigenvalue weighted by molar-refractivity contribution is 0.688. The Morgan fingerprint density at radius 1 is 1.50 bits per heavy atom. The monoisotopic (exact) mass is 186 g/mol. The van der Waals surface area contributed by atoms with Crippen LogP contribution in [-0.4, -0.2) is 29.8 Å². The van der Waals surface area contributed by atoms with Crippen molar-refractivity contribution in [3.63, 3.8) is 0 Å². The third kappa shape index (κ3) is 3.64. The summed E-state index contributed by atoms with van der Waals surface area (Å²) in [7, 11) is 0. The van der Waals surface area contributed by atoms with Crippen molar-refractivity contribution >= 4 is 16.5 Å². The largest absolute Gasteiger partial charge is 0.360 e. The van der Waals surface area contributed by atoms with Crippen LogP contribution in [-0.2, 0) is 0 Å². The average Bonchev–Trinajstić information content (AvgIpc) is 2.57. The van der Waals surface area contributed by atoms with Crippen LogP contribution >= 0.6 is 11.3 Å². The van der Waals surface area contributed by atoms with E-state index in [1.54, 1.807) is 5.51 Å². The Kier molecular flexibility index (Phi) is 4.63. The molecule has 1 aromatic heterocycles. The Morgan fingerprint density at radius 2 is 2.42 bits per heavy atom. The quantitative estimate of drug-likeness (QED) is 0.649. The number of rotatable bonds is 6. The topological polar surface area (TPSA) is 49.8 Å². The van der Waals surface area contributed by atoms with Gasteiger partial charge in [0.05, 0.1) is 0 Å². The third-order valence-corrected chi connectivity index (χ3v) is 2.07. The van der Waals surface area contributed by atoms with E-state index in [4.69, 9.17) is 0 Å². The maximum absolute atomic E-state index is 3.87. The van der Waals surface area contributed by atoms with Gasteiger partial charge in [0, 0.05) is 6.54 Å². The molecule has 1 heterocycles. The van der Waals surface area contributed by atoms with E-state index in [1.807, 2.05) is 0 Å². The molecule has 0 aliphatic carbocycles. The van der Waals surface area contributed by atoms with E-state index >= 15 is 0 Å². The minimum absolute atomic E-state index is 0.909. The SMILES string of the molecule is CCNCCCNc1nncs1.